The van der Waals surface area contributed by atoms with E-state index in [1.807, 2.05) is 7.05 Å². The van der Waals surface area contributed by atoms with Crippen LogP contribution in [0.1, 0.15) is 32.1 Å². The predicted molar refractivity (Wildman–Crippen MR) is 71.0 cm³/mol. The van der Waals surface area contributed by atoms with Crippen molar-refractivity contribution in [3.05, 3.63) is 0 Å². The third kappa shape index (κ3) is 3.66. The molecule has 2 unspecified atom stereocenters. The van der Waals surface area contributed by atoms with Crippen LogP contribution >= 0.6 is 0 Å². The maximum absolute atomic E-state index is 12.3. The molecule has 0 aromatic heterocycles. The molecule has 6 heteroatoms. The predicted octanol–water partition coefficient (Wildman–Crippen LogP) is 0.569. The molecule has 0 aromatic carbocycles. The van der Waals surface area contributed by atoms with E-state index in [2.05, 4.69) is 5.32 Å². The fourth-order valence-corrected chi connectivity index (χ4v) is 4.47. The van der Waals surface area contributed by atoms with Crippen molar-refractivity contribution in [2.45, 2.75) is 44.2 Å². The Morgan fingerprint density at radius 1 is 1.28 bits per heavy atom. The minimum absolute atomic E-state index is 0.0984. The Kier molecular flexibility index (Phi) is 5.00. The standard InChI is InChI=1S/C12H24N2O3S/c1-13-11-5-4-7-14(9-11)18(15,16)10-12-6-2-3-8-17-12/h11-13H,2-10H2,1H3. The number of sulfonamides is 1. The van der Waals surface area contributed by atoms with Crippen LogP contribution < -0.4 is 5.32 Å². The van der Waals surface area contributed by atoms with Crippen LogP contribution in [0.15, 0.2) is 0 Å². The Balaban J connectivity index is 1.92. The number of ether oxygens (including phenoxy) is 1. The van der Waals surface area contributed by atoms with E-state index in [-0.39, 0.29) is 11.9 Å². The second-order valence-corrected chi connectivity index (χ2v) is 7.27. The first-order chi connectivity index (χ1) is 8.62. The number of nitrogens with zero attached hydrogens (tertiary/aromatic N) is 1. The van der Waals surface area contributed by atoms with E-state index in [4.69, 9.17) is 4.74 Å². The van der Waals surface area contributed by atoms with Gasteiger partial charge in [0.15, 0.2) is 0 Å². The van der Waals surface area contributed by atoms with E-state index in [9.17, 15) is 8.42 Å². The lowest BCUT2D eigenvalue weighted by molar-refractivity contribution is 0.0297. The van der Waals surface area contributed by atoms with Gasteiger partial charge in [-0.05, 0) is 39.2 Å². The molecule has 2 aliphatic heterocycles. The minimum atomic E-state index is -3.16. The fraction of sp³-hybridized carbons (Fsp3) is 1.00. The summed E-state index contributed by atoms with van der Waals surface area (Å²) in [6.45, 7) is 1.97. The van der Waals surface area contributed by atoms with Gasteiger partial charge in [-0.2, -0.15) is 0 Å². The second-order valence-electron chi connectivity index (χ2n) is 5.25. The molecule has 0 aromatic rings. The molecule has 18 heavy (non-hydrogen) atoms. The Morgan fingerprint density at radius 2 is 2.11 bits per heavy atom. The van der Waals surface area contributed by atoms with Crippen molar-refractivity contribution in [2.24, 2.45) is 0 Å². The third-order valence-electron chi connectivity index (χ3n) is 3.86. The third-order valence-corrected chi connectivity index (χ3v) is 5.77. The molecule has 0 bridgehead atoms. The summed E-state index contributed by atoms with van der Waals surface area (Å²) in [5.41, 5.74) is 0. The highest BCUT2D eigenvalue weighted by Gasteiger charge is 2.31. The molecule has 2 saturated heterocycles. The number of rotatable bonds is 4. The SMILES string of the molecule is CNC1CCCN(S(=O)(=O)CC2CCCCO2)C1. The zero-order valence-electron chi connectivity index (χ0n) is 11.1. The van der Waals surface area contributed by atoms with Crippen LogP contribution in [0.3, 0.4) is 0 Å². The van der Waals surface area contributed by atoms with Gasteiger partial charge in [0.1, 0.15) is 0 Å². The van der Waals surface area contributed by atoms with Crippen molar-refractivity contribution in [1.82, 2.24) is 9.62 Å². The Labute approximate surface area is 110 Å². The minimum Gasteiger partial charge on any atom is -0.377 e. The monoisotopic (exact) mass is 276 g/mol. The van der Waals surface area contributed by atoms with E-state index in [1.54, 1.807) is 4.31 Å². The molecule has 5 nitrogen and oxygen atoms in total. The molecule has 2 aliphatic rings. The molecule has 2 atom stereocenters. The van der Waals surface area contributed by atoms with Crippen LogP contribution in [-0.4, -0.2) is 57.4 Å². The molecule has 106 valence electrons. The molecular formula is C12H24N2O3S. The summed E-state index contributed by atoms with van der Waals surface area (Å²) in [7, 11) is -1.26. The highest BCUT2D eigenvalue weighted by molar-refractivity contribution is 7.89. The van der Waals surface area contributed by atoms with Gasteiger partial charge >= 0.3 is 0 Å². The van der Waals surface area contributed by atoms with Crippen molar-refractivity contribution in [2.75, 3.05) is 32.5 Å². The van der Waals surface area contributed by atoms with Crippen LogP contribution in [0.25, 0.3) is 0 Å². The maximum atomic E-state index is 12.3. The Hall–Kier alpha value is -0.170. The van der Waals surface area contributed by atoms with E-state index in [0.29, 0.717) is 25.7 Å². The first-order valence-electron chi connectivity index (χ1n) is 6.88. The Bertz CT molecular complexity index is 352. The van der Waals surface area contributed by atoms with Crippen LogP contribution in [-0.2, 0) is 14.8 Å². The Morgan fingerprint density at radius 3 is 2.78 bits per heavy atom. The van der Waals surface area contributed by atoms with Crippen LogP contribution in [0.2, 0.25) is 0 Å². The van der Waals surface area contributed by atoms with Gasteiger partial charge in [0.25, 0.3) is 0 Å². The van der Waals surface area contributed by atoms with Crippen molar-refractivity contribution < 1.29 is 13.2 Å². The summed E-state index contributed by atoms with van der Waals surface area (Å²) in [4.78, 5) is 0. The highest BCUT2D eigenvalue weighted by Crippen LogP contribution is 2.19. The smallest absolute Gasteiger partial charge is 0.216 e. The largest absolute Gasteiger partial charge is 0.377 e. The molecule has 0 radical (unpaired) electrons. The van der Waals surface area contributed by atoms with Crippen molar-refractivity contribution in [3.63, 3.8) is 0 Å². The topological polar surface area (TPSA) is 58.6 Å². The van der Waals surface area contributed by atoms with Gasteiger partial charge in [-0.25, -0.2) is 12.7 Å². The van der Waals surface area contributed by atoms with Crippen LogP contribution in [0.4, 0.5) is 0 Å². The summed E-state index contributed by atoms with van der Waals surface area (Å²) in [5.74, 6) is 0.156. The maximum Gasteiger partial charge on any atom is 0.216 e. The number of hydrogen-bond acceptors (Lipinski definition) is 4. The molecule has 1 N–H and O–H groups in total. The van der Waals surface area contributed by atoms with Gasteiger partial charge in [-0.3, -0.25) is 0 Å². The van der Waals surface area contributed by atoms with Crippen molar-refractivity contribution in [1.29, 1.82) is 0 Å². The quantitative estimate of drug-likeness (QED) is 0.815. The molecule has 2 fully saturated rings. The molecular weight excluding hydrogens is 252 g/mol. The van der Waals surface area contributed by atoms with Crippen LogP contribution in [0, 0.1) is 0 Å². The highest BCUT2D eigenvalue weighted by atomic mass is 32.2. The summed E-state index contributed by atoms with van der Waals surface area (Å²) in [6.07, 6.45) is 4.92. The average Bonchev–Trinajstić information content (AvgIpc) is 2.39. The average molecular weight is 276 g/mol. The van der Waals surface area contributed by atoms with E-state index in [0.717, 1.165) is 32.1 Å². The lowest BCUT2D eigenvalue weighted by atomic mass is 10.1. The van der Waals surface area contributed by atoms with Crippen molar-refractivity contribution in [3.8, 4) is 0 Å². The van der Waals surface area contributed by atoms with E-state index >= 15 is 0 Å². The van der Waals surface area contributed by atoms with Crippen molar-refractivity contribution >= 4 is 10.0 Å². The van der Waals surface area contributed by atoms with E-state index < -0.39 is 10.0 Å². The first-order valence-corrected chi connectivity index (χ1v) is 8.49. The van der Waals surface area contributed by atoms with Gasteiger partial charge in [0, 0.05) is 25.7 Å². The summed E-state index contributed by atoms with van der Waals surface area (Å²) in [6, 6.07) is 0.292. The zero-order valence-corrected chi connectivity index (χ0v) is 11.9. The summed E-state index contributed by atoms with van der Waals surface area (Å²) >= 11 is 0. The molecule has 0 amide bonds. The van der Waals surface area contributed by atoms with Gasteiger partial charge < -0.3 is 10.1 Å². The zero-order chi connectivity index (χ0) is 13.0. The van der Waals surface area contributed by atoms with Gasteiger partial charge in [0.05, 0.1) is 11.9 Å². The number of piperidine rings is 1. The lowest BCUT2D eigenvalue weighted by Gasteiger charge is -2.33. The number of hydrogen-bond donors (Lipinski definition) is 1. The molecule has 0 aliphatic carbocycles. The molecule has 0 saturated carbocycles. The van der Waals surface area contributed by atoms with E-state index in [1.165, 1.54) is 0 Å². The fourth-order valence-electron chi connectivity index (χ4n) is 2.71. The van der Waals surface area contributed by atoms with Gasteiger partial charge in [-0.1, -0.05) is 0 Å². The molecule has 2 rings (SSSR count). The first kappa shape index (κ1) is 14.2. The lowest BCUT2D eigenvalue weighted by Crippen LogP contribution is -2.49. The summed E-state index contributed by atoms with van der Waals surface area (Å²) < 4.78 is 31.8. The summed E-state index contributed by atoms with van der Waals surface area (Å²) in [5, 5.41) is 3.17. The van der Waals surface area contributed by atoms with Gasteiger partial charge in [-0.15, -0.1) is 0 Å². The van der Waals surface area contributed by atoms with Crippen LogP contribution in [0.5, 0.6) is 0 Å². The molecule has 2 heterocycles. The number of nitrogens with one attached hydrogen (secondary N) is 1. The molecule has 0 spiro atoms. The number of likely N-dealkylation sites (N-methyl/N-ethyl adjacent to an activating group) is 1. The van der Waals surface area contributed by atoms with Gasteiger partial charge in [0.2, 0.25) is 10.0 Å². The second kappa shape index (κ2) is 6.32. The normalized spacial score (nSPS) is 31.4.